The first-order valence-electron chi connectivity index (χ1n) is 4.84. The Kier molecular flexibility index (Phi) is 3.24. The molecule has 2 rings (SSSR count). The number of halogens is 3. The Labute approximate surface area is 106 Å². The van der Waals surface area contributed by atoms with Gasteiger partial charge in [-0.2, -0.15) is 13.8 Å². The Morgan fingerprint density at radius 2 is 1.89 bits per heavy atom. The molecule has 1 amide bonds. The second kappa shape index (κ2) is 4.43. The fourth-order valence-corrected chi connectivity index (χ4v) is 2.75. The smallest absolute Gasteiger partial charge is 0.237 e. The first kappa shape index (κ1) is 13.2. The number of hydrogen-bond acceptors (Lipinski definition) is 4. The summed E-state index contributed by atoms with van der Waals surface area (Å²) in [7, 11) is 1.26. The summed E-state index contributed by atoms with van der Waals surface area (Å²) in [5, 5.41) is -1.08. The zero-order valence-corrected chi connectivity index (χ0v) is 10.4. The van der Waals surface area contributed by atoms with E-state index in [-0.39, 0.29) is 18.7 Å². The van der Waals surface area contributed by atoms with Gasteiger partial charge in [0.1, 0.15) is 5.25 Å². The van der Waals surface area contributed by atoms with Crippen molar-refractivity contribution >= 4 is 31.3 Å². The number of pyridine rings is 1. The molecule has 1 aliphatic heterocycles. The minimum Gasteiger partial charge on any atom is -0.311 e. The minimum atomic E-state index is -3.89. The van der Waals surface area contributed by atoms with Crippen molar-refractivity contribution in [1.29, 1.82) is 0 Å². The van der Waals surface area contributed by atoms with Crippen molar-refractivity contribution in [2.24, 2.45) is 0 Å². The lowest BCUT2D eigenvalue weighted by Gasteiger charge is -2.15. The summed E-state index contributed by atoms with van der Waals surface area (Å²) in [6, 6.07) is 1.70. The van der Waals surface area contributed by atoms with Crippen LogP contribution in [-0.2, 0) is 13.8 Å². The van der Waals surface area contributed by atoms with E-state index in [0.717, 1.165) is 17.0 Å². The molecule has 0 bridgehead atoms. The van der Waals surface area contributed by atoms with E-state index in [4.69, 9.17) is 10.7 Å². The lowest BCUT2D eigenvalue weighted by Crippen LogP contribution is -2.27. The molecule has 1 aromatic heterocycles. The summed E-state index contributed by atoms with van der Waals surface area (Å²) in [6.07, 6.45) is -0.308. The van der Waals surface area contributed by atoms with Crippen LogP contribution in [0.4, 0.5) is 14.5 Å². The van der Waals surface area contributed by atoms with Crippen molar-refractivity contribution < 1.29 is 22.0 Å². The monoisotopic (exact) mass is 296 g/mol. The van der Waals surface area contributed by atoms with Gasteiger partial charge in [-0.05, 0) is 0 Å². The van der Waals surface area contributed by atoms with Crippen LogP contribution in [0.1, 0.15) is 6.42 Å². The third kappa shape index (κ3) is 2.59. The van der Waals surface area contributed by atoms with E-state index >= 15 is 0 Å². The number of amides is 1. The molecule has 1 atom stereocenters. The normalized spacial score (nSPS) is 20.5. The third-order valence-corrected chi connectivity index (χ3v) is 4.41. The van der Waals surface area contributed by atoms with E-state index in [1.54, 1.807) is 0 Å². The molecule has 0 aromatic carbocycles. The van der Waals surface area contributed by atoms with Crippen LogP contribution in [0, 0.1) is 11.9 Å². The summed E-state index contributed by atoms with van der Waals surface area (Å²) in [4.78, 5) is 15.4. The second-order valence-corrected chi connectivity index (χ2v) is 6.69. The molecule has 1 unspecified atom stereocenters. The molecule has 5 nitrogen and oxygen atoms in total. The summed E-state index contributed by atoms with van der Waals surface area (Å²) in [5.41, 5.74) is -0.0761. The van der Waals surface area contributed by atoms with Gasteiger partial charge in [-0.15, -0.1) is 0 Å². The fourth-order valence-electron chi connectivity index (χ4n) is 1.72. The van der Waals surface area contributed by atoms with Gasteiger partial charge in [0.25, 0.3) is 0 Å². The van der Waals surface area contributed by atoms with Crippen LogP contribution in [0.3, 0.4) is 0 Å². The predicted molar refractivity (Wildman–Crippen MR) is 59.7 cm³/mol. The maximum atomic E-state index is 12.9. The van der Waals surface area contributed by atoms with Crippen molar-refractivity contribution in [2.45, 2.75) is 11.7 Å². The van der Waals surface area contributed by atoms with Crippen LogP contribution in [0.5, 0.6) is 0 Å². The molecule has 0 aliphatic carbocycles. The molecule has 2 heterocycles. The zero-order valence-electron chi connectivity index (χ0n) is 8.81. The molecular weight excluding hydrogens is 290 g/mol. The van der Waals surface area contributed by atoms with Gasteiger partial charge in [0.05, 0.1) is 5.69 Å². The van der Waals surface area contributed by atoms with Crippen LogP contribution in [0.2, 0.25) is 0 Å². The zero-order chi connectivity index (χ0) is 13.5. The van der Waals surface area contributed by atoms with Gasteiger partial charge in [-0.1, -0.05) is 0 Å². The number of aromatic nitrogens is 1. The van der Waals surface area contributed by atoms with E-state index in [0.29, 0.717) is 0 Å². The molecule has 1 fully saturated rings. The van der Waals surface area contributed by atoms with Crippen LogP contribution in [0.15, 0.2) is 12.1 Å². The Morgan fingerprint density at radius 3 is 2.33 bits per heavy atom. The first-order chi connectivity index (χ1) is 8.27. The highest BCUT2D eigenvalue weighted by molar-refractivity contribution is 8.14. The van der Waals surface area contributed by atoms with Crippen molar-refractivity contribution in [3.8, 4) is 0 Å². The van der Waals surface area contributed by atoms with Gasteiger partial charge in [0.15, 0.2) is 0 Å². The molecule has 1 saturated heterocycles. The molecule has 0 N–H and O–H groups in total. The summed E-state index contributed by atoms with van der Waals surface area (Å²) in [5.74, 6) is -2.74. The predicted octanol–water partition coefficient (Wildman–Crippen LogP) is 1.03. The number of rotatable bonds is 2. The minimum absolute atomic E-state index is 0.0761. The van der Waals surface area contributed by atoms with Gasteiger partial charge < -0.3 is 4.90 Å². The van der Waals surface area contributed by atoms with Crippen molar-refractivity contribution in [3.63, 3.8) is 0 Å². The van der Waals surface area contributed by atoms with E-state index in [1.165, 1.54) is 0 Å². The summed E-state index contributed by atoms with van der Waals surface area (Å²) >= 11 is 0. The van der Waals surface area contributed by atoms with Crippen molar-refractivity contribution in [1.82, 2.24) is 4.98 Å². The van der Waals surface area contributed by atoms with E-state index in [9.17, 15) is 22.0 Å². The Bertz CT molecular complexity index is 588. The van der Waals surface area contributed by atoms with Crippen LogP contribution < -0.4 is 4.90 Å². The molecule has 0 saturated carbocycles. The van der Waals surface area contributed by atoms with Gasteiger partial charge >= 0.3 is 0 Å². The van der Waals surface area contributed by atoms with Gasteiger partial charge in [-0.25, -0.2) is 8.42 Å². The number of carbonyl (C=O) groups is 1. The maximum Gasteiger partial charge on any atom is 0.237 e. The number of nitrogens with zero attached hydrogens (tertiary/aromatic N) is 2. The first-order valence-corrected chi connectivity index (χ1v) is 7.21. The number of anilines is 1. The largest absolute Gasteiger partial charge is 0.311 e. The quantitative estimate of drug-likeness (QED) is 0.604. The molecule has 98 valence electrons. The maximum absolute atomic E-state index is 12.9. The Hall–Kier alpha value is -1.28. The molecule has 9 heteroatoms. The fraction of sp³-hybridized carbons (Fsp3) is 0.333. The molecule has 18 heavy (non-hydrogen) atoms. The average Bonchev–Trinajstić information content (AvgIpc) is 2.58. The van der Waals surface area contributed by atoms with E-state index in [2.05, 4.69) is 4.98 Å². The number of hydrogen-bond donors (Lipinski definition) is 0. The lowest BCUT2D eigenvalue weighted by molar-refractivity contribution is -0.117. The number of carbonyl (C=O) groups excluding carboxylic acids is 1. The van der Waals surface area contributed by atoms with Crippen molar-refractivity contribution in [2.75, 3.05) is 11.4 Å². The van der Waals surface area contributed by atoms with Crippen molar-refractivity contribution in [3.05, 3.63) is 24.0 Å². The topological polar surface area (TPSA) is 67.3 Å². The lowest BCUT2D eigenvalue weighted by atomic mass is 10.3. The average molecular weight is 297 g/mol. The highest BCUT2D eigenvalue weighted by Gasteiger charge is 2.38. The molecule has 1 aliphatic rings. The van der Waals surface area contributed by atoms with Gasteiger partial charge in [-0.3, -0.25) is 4.79 Å². The highest BCUT2D eigenvalue weighted by Crippen LogP contribution is 2.27. The molecule has 0 spiro atoms. The molecular formula is C9H7ClF2N2O3S. The third-order valence-electron chi connectivity index (χ3n) is 2.55. The Morgan fingerprint density at radius 1 is 1.33 bits per heavy atom. The highest BCUT2D eigenvalue weighted by atomic mass is 35.7. The summed E-state index contributed by atoms with van der Waals surface area (Å²) in [6.45, 7) is -0.229. The SMILES string of the molecule is O=C1CC(S(=O)(=O)Cl)CN1c1cc(F)nc(F)c1. The second-order valence-electron chi connectivity index (χ2n) is 3.78. The van der Waals surface area contributed by atoms with Gasteiger partial charge in [0, 0.05) is 35.8 Å². The van der Waals surface area contributed by atoms with E-state index in [1.807, 2.05) is 0 Å². The molecule has 0 radical (unpaired) electrons. The summed E-state index contributed by atoms with van der Waals surface area (Å²) < 4.78 is 48.0. The van der Waals surface area contributed by atoms with Crippen LogP contribution in [0.25, 0.3) is 0 Å². The molecule has 1 aromatic rings. The van der Waals surface area contributed by atoms with Gasteiger partial charge in [0.2, 0.25) is 26.9 Å². The van der Waals surface area contributed by atoms with Crippen LogP contribution in [-0.4, -0.2) is 31.1 Å². The van der Waals surface area contributed by atoms with E-state index < -0.39 is 32.1 Å². The Balaban J connectivity index is 2.32. The standard InChI is InChI=1S/C9H7ClF2N2O3S/c10-18(16,17)6-3-9(15)14(4-6)5-1-7(11)13-8(12)2-5/h1-2,6H,3-4H2. The van der Waals surface area contributed by atoms with Crippen LogP contribution >= 0.6 is 10.7 Å².